The predicted molar refractivity (Wildman–Crippen MR) is 146 cm³/mol. The molecule has 10 heteroatoms. The van der Waals surface area contributed by atoms with Gasteiger partial charge in [0.25, 0.3) is 0 Å². The number of para-hydroxylation sites is 1. The first-order chi connectivity index (χ1) is 17.6. The zero-order chi connectivity index (χ0) is 26.4. The maximum atomic E-state index is 9.46. The molecule has 182 valence electrons. The van der Waals surface area contributed by atoms with E-state index in [1.165, 1.54) is 6.33 Å². The Morgan fingerprint density at radius 3 is 2.79 bits per heavy atom. The Kier molecular flexibility index (Phi) is 6.64. The predicted octanol–water partition coefficient (Wildman–Crippen LogP) is 5.33. The number of aromatic nitrogens is 4. The summed E-state index contributed by atoms with van der Waals surface area (Å²) in [6.45, 7) is -3.04. The van der Waals surface area contributed by atoms with E-state index in [9.17, 15) is 5.11 Å². The molecule has 0 saturated carbocycles. The van der Waals surface area contributed by atoms with Crippen molar-refractivity contribution in [2.24, 2.45) is 5.92 Å². The highest BCUT2D eigenvalue weighted by atomic mass is 35.5. The van der Waals surface area contributed by atoms with E-state index >= 15 is 0 Å². The third kappa shape index (κ3) is 5.00. The molecule has 0 atom stereocenters. The Bertz CT molecular complexity index is 1500. The molecule has 1 aliphatic heterocycles. The lowest BCUT2D eigenvalue weighted by Crippen LogP contribution is -2.35. The molecular weight excluding hydrogens is 491 g/mol. The largest absolute Gasteiger partial charge is 0.396 e. The molecule has 1 saturated heterocycles. The van der Waals surface area contributed by atoms with E-state index < -0.39 is 13.3 Å². The third-order valence-electron chi connectivity index (χ3n) is 6.20. The monoisotopic (exact) mass is 525 g/mol. The number of nitrogens with zero attached hydrogens (tertiary/aromatic N) is 4. The minimum absolute atomic E-state index is 0. The van der Waals surface area contributed by atoms with Crippen LogP contribution in [0.15, 0.2) is 42.7 Å². The maximum absolute atomic E-state index is 9.46. The van der Waals surface area contributed by atoms with E-state index in [0.717, 1.165) is 41.7 Å². The van der Waals surface area contributed by atoms with Gasteiger partial charge in [0, 0.05) is 50.7 Å². The smallest absolute Gasteiger partial charge is 0.178 e. The van der Waals surface area contributed by atoms with Gasteiger partial charge in [-0.05, 0) is 61.6 Å². The lowest BCUT2D eigenvalue weighted by Gasteiger charge is -2.34. The van der Waals surface area contributed by atoms with Gasteiger partial charge in [-0.1, -0.05) is 18.2 Å². The fourth-order valence-corrected chi connectivity index (χ4v) is 4.67. The summed E-state index contributed by atoms with van der Waals surface area (Å²) in [5.41, 5.74) is 3.62. The summed E-state index contributed by atoms with van der Waals surface area (Å²) in [6, 6.07) is 11.6. The second kappa shape index (κ2) is 11.4. The van der Waals surface area contributed by atoms with Crippen molar-refractivity contribution in [3.05, 3.63) is 53.1 Å². The van der Waals surface area contributed by atoms with Crippen molar-refractivity contribution >= 4 is 70.5 Å². The lowest BCUT2D eigenvalue weighted by molar-refractivity contribution is 0.203. The van der Waals surface area contributed by atoms with E-state index in [1.807, 2.05) is 12.1 Å². The normalized spacial score (nSPS) is 17.1. The van der Waals surface area contributed by atoms with Gasteiger partial charge in [0.15, 0.2) is 4.77 Å². The second-order valence-electron chi connectivity index (χ2n) is 8.08. The number of nitrogens with one attached hydrogen (secondary N) is 2. The van der Waals surface area contributed by atoms with Crippen LogP contribution in [0.25, 0.3) is 21.9 Å². The average molecular weight is 527 g/mol. The highest BCUT2D eigenvalue weighted by molar-refractivity contribution is 7.71. The third-order valence-corrected chi connectivity index (χ3v) is 6.49. The number of rotatable bonds is 6. The molecule has 1 aliphatic rings. The Morgan fingerprint density at radius 1 is 1.24 bits per heavy atom. The number of aromatic amines is 1. The zero-order valence-corrected chi connectivity index (χ0v) is 20.8. The van der Waals surface area contributed by atoms with Crippen LogP contribution >= 0.6 is 37.0 Å². The summed E-state index contributed by atoms with van der Waals surface area (Å²) in [7, 11) is 0. The number of anilines is 2. The van der Waals surface area contributed by atoms with Crippen molar-refractivity contribution in [3.8, 4) is 0 Å². The number of aryl methyl sites for hydroxylation is 1. The Morgan fingerprint density at radius 2 is 2.03 bits per heavy atom. The molecule has 7 nitrogen and oxygen atoms in total. The van der Waals surface area contributed by atoms with E-state index in [0.29, 0.717) is 40.2 Å². The molecule has 5 rings (SSSR count). The highest BCUT2D eigenvalue weighted by Crippen LogP contribution is 2.29. The number of aliphatic hydroxyl groups excluding tert-OH is 1. The Labute approximate surface area is 223 Å². The van der Waals surface area contributed by atoms with Gasteiger partial charge < -0.3 is 24.9 Å². The van der Waals surface area contributed by atoms with Crippen LogP contribution in [0, 0.1) is 10.7 Å². The Hall–Kier alpha value is -2.39. The number of imidazole rings is 1. The number of benzene rings is 2. The van der Waals surface area contributed by atoms with Gasteiger partial charge >= 0.3 is 0 Å². The van der Waals surface area contributed by atoms with Gasteiger partial charge in [0.05, 0.1) is 16.6 Å². The Balaban J connectivity index is 0.00000210. The van der Waals surface area contributed by atoms with Crippen molar-refractivity contribution < 1.29 is 12.0 Å². The first-order valence-electron chi connectivity index (χ1n) is 13.2. The molecule has 4 aromatic rings. The topological polar surface area (TPSA) is 82.0 Å². The lowest BCUT2D eigenvalue weighted by atomic mass is 9.97. The van der Waals surface area contributed by atoms with Gasteiger partial charge in [-0.25, -0.2) is 9.97 Å². The van der Waals surface area contributed by atoms with Crippen LogP contribution in [0.2, 0.25) is 0 Å². The van der Waals surface area contributed by atoms with E-state index in [2.05, 4.69) is 37.3 Å². The van der Waals surface area contributed by atoms with Crippen LogP contribution in [0.1, 0.15) is 32.1 Å². The molecule has 0 bridgehead atoms. The molecule has 3 heterocycles. The summed E-state index contributed by atoms with van der Waals surface area (Å²) in [4.78, 5) is 14.1. The molecule has 0 amide bonds. The average Bonchev–Trinajstić information content (AvgIpc) is 3.20. The summed E-state index contributed by atoms with van der Waals surface area (Å²) in [6.07, 6.45) is 3.35. The van der Waals surface area contributed by atoms with Gasteiger partial charge in [-0.15, -0.1) is 24.8 Å². The van der Waals surface area contributed by atoms with E-state index in [4.69, 9.17) is 19.1 Å². The molecule has 2 aromatic carbocycles. The summed E-state index contributed by atoms with van der Waals surface area (Å²) < 4.78 is 40.4. The van der Waals surface area contributed by atoms with Crippen LogP contribution in [-0.2, 0) is 13.0 Å². The van der Waals surface area contributed by atoms with Crippen molar-refractivity contribution in [2.45, 2.75) is 32.7 Å². The molecule has 0 spiro atoms. The molecular formula is C24H30Cl2N6OS. The van der Waals surface area contributed by atoms with E-state index in [1.54, 1.807) is 12.1 Å². The summed E-state index contributed by atoms with van der Waals surface area (Å²) in [5.74, 6) is 0.967. The fourth-order valence-electron chi connectivity index (χ4n) is 4.41. The first-order valence-corrected chi connectivity index (χ1v) is 11.1. The minimum atomic E-state index is -2.91. The second-order valence-corrected chi connectivity index (χ2v) is 8.47. The summed E-state index contributed by atoms with van der Waals surface area (Å²) in [5, 5.41) is 13.6. The minimum Gasteiger partial charge on any atom is -0.396 e. The molecule has 0 radical (unpaired) electrons. The van der Waals surface area contributed by atoms with Crippen molar-refractivity contribution in [1.82, 2.24) is 19.5 Å². The van der Waals surface area contributed by atoms with Gasteiger partial charge in [-0.2, -0.15) is 0 Å². The first kappa shape index (κ1) is 19.9. The number of fused-ring (bicyclic) bond motifs is 2. The van der Waals surface area contributed by atoms with Crippen molar-refractivity contribution in [2.75, 3.05) is 29.9 Å². The molecule has 0 unspecified atom stereocenters. The molecule has 3 N–H and O–H groups in total. The quantitative estimate of drug-likeness (QED) is 0.295. The van der Waals surface area contributed by atoms with Crippen molar-refractivity contribution in [1.29, 1.82) is 0 Å². The standard InChI is InChI=1S/C24H28N6OS.2ClH/c1-2-30-22-12-19-18(11-20(22)28-24(30)32)23(27-15-26-19)25-13-17-5-3-4-6-21(17)29-9-7-16(14-31)8-10-29;;/h3-6,11-12,15-16,31H,2,7-10,13-14H2,1H3,(H,28,32)(H,25,26,27);2*1H/i1D3,2D2;;. The van der Waals surface area contributed by atoms with Crippen LogP contribution in [-0.4, -0.2) is 44.3 Å². The van der Waals surface area contributed by atoms with E-state index in [-0.39, 0.29) is 36.2 Å². The molecule has 1 fully saturated rings. The molecule has 0 aliphatic carbocycles. The van der Waals surface area contributed by atoms with Gasteiger partial charge in [0.1, 0.15) is 12.1 Å². The number of piperidine rings is 1. The number of aliphatic hydroxyl groups is 1. The number of H-pyrrole nitrogens is 1. The number of hydrogen-bond donors (Lipinski definition) is 3. The SMILES string of the molecule is Cl.Cl.[2H]C([2H])([2H])C([2H])([2H])n1c(=S)[nH]c2cc3c(NCc4ccccc4N4CCC(CO)CC4)ncnc3cc21. The fraction of sp³-hybridized carbons (Fsp3) is 0.375. The summed E-state index contributed by atoms with van der Waals surface area (Å²) >= 11 is 5.30. The van der Waals surface area contributed by atoms with Crippen molar-refractivity contribution in [3.63, 3.8) is 0 Å². The van der Waals surface area contributed by atoms with Crippen LogP contribution < -0.4 is 10.2 Å². The van der Waals surface area contributed by atoms with Crippen LogP contribution in [0.5, 0.6) is 0 Å². The molecule has 2 aromatic heterocycles. The molecule has 34 heavy (non-hydrogen) atoms. The van der Waals surface area contributed by atoms with Gasteiger partial charge in [-0.3, -0.25) is 0 Å². The maximum Gasteiger partial charge on any atom is 0.178 e. The van der Waals surface area contributed by atoms with Crippen LogP contribution in [0.4, 0.5) is 11.5 Å². The highest BCUT2D eigenvalue weighted by Gasteiger charge is 2.20. The van der Waals surface area contributed by atoms with Crippen LogP contribution in [0.3, 0.4) is 0 Å². The van der Waals surface area contributed by atoms with Gasteiger partial charge in [0.2, 0.25) is 0 Å². The number of halogens is 2. The number of hydrogen-bond acceptors (Lipinski definition) is 6. The zero-order valence-electron chi connectivity index (χ0n) is 23.3.